The molecule has 0 unspecified atom stereocenters. The molecule has 1 aromatic carbocycles. The monoisotopic (exact) mass is 373 g/mol. The van der Waals surface area contributed by atoms with Crippen molar-refractivity contribution >= 4 is 34.7 Å². The number of benzene rings is 1. The van der Waals surface area contributed by atoms with Crippen LogP contribution < -0.4 is 0 Å². The van der Waals surface area contributed by atoms with Crippen molar-refractivity contribution in [2.45, 2.75) is 20.0 Å². The number of nitrogens with zero attached hydrogens (tertiary/aromatic N) is 1. The number of hydrogen-bond acceptors (Lipinski definition) is 5. The van der Waals surface area contributed by atoms with E-state index in [1.54, 1.807) is 11.8 Å². The zero-order chi connectivity index (χ0) is 14.4. The number of hydrogen-bond donors (Lipinski definition) is 1. The Morgan fingerprint density at radius 2 is 2.10 bits per heavy atom. The van der Waals surface area contributed by atoms with Crippen molar-refractivity contribution in [1.29, 1.82) is 0 Å². The standard InChI is InChI=1S/C15H19NO3S.BrH/c1-12-14(7-8-17)20-11-16(12)9-15(18)19-10-13-5-3-2-4-6-13;/h2-6,17H,7-11H2,1H3;1H. The highest BCUT2D eigenvalue weighted by Crippen LogP contribution is 2.33. The Morgan fingerprint density at radius 3 is 2.76 bits per heavy atom. The third-order valence-electron chi connectivity index (χ3n) is 3.17. The number of aliphatic hydroxyl groups excluding tert-OH is 1. The van der Waals surface area contributed by atoms with Gasteiger partial charge in [-0.3, -0.25) is 4.79 Å². The van der Waals surface area contributed by atoms with E-state index in [-0.39, 0.29) is 36.1 Å². The molecule has 0 saturated carbocycles. The molecule has 1 heterocycles. The lowest BCUT2D eigenvalue weighted by atomic mass is 10.2. The predicted molar refractivity (Wildman–Crippen MR) is 90.1 cm³/mol. The summed E-state index contributed by atoms with van der Waals surface area (Å²) in [5.74, 6) is 0.528. The summed E-state index contributed by atoms with van der Waals surface area (Å²) in [6, 6.07) is 9.65. The molecular weight excluding hydrogens is 354 g/mol. The summed E-state index contributed by atoms with van der Waals surface area (Å²) in [7, 11) is 0. The zero-order valence-corrected chi connectivity index (χ0v) is 14.5. The summed E-state index contributed by atoms with van der Waals surface area (Å²) in [4.78, 5) is 15.0. The molecule has 1 N–H and O–H groups in total. The molecule has 0 spiro atoms. The Bertz CT molecular complexity index is 493. The van der Waals surface area contributed by atoms with E-state index in [0.717, 1.165) is 22.0 Å². The first-order valence-corrected chi connectivity index (χ1v) is 7.57. The van der Waals surface area contributed by atoms with E-state index in [0.29, 0.717) is 13.0 Å². The van der Waals surface area contributed by atoms with Gasteiger partial charge in [0.05, 0.1) is 5.88 Å². The van der Waals surface area contributed by atoms with E-state index in [1.807, 2.05) is 42.2 Å². The Balaban J connectivity index is 0.00000220. The minimum absolute atomic E-state index is 0. The lowest BCUT2D eigenvalue weighted by Crippen LogP contribution is -2.27. The largest absolute Gasteiger partial charge is 0.459 e. The van der Waals surface area contributed by atoms with Crippen LogP contribution >= 0.6 is 28.7 Å². The molecule has 0 aliphatic carbocycles. The smallest absolute Gasteiger partial charge is 0.325 e. The van der Waals surface area contributed by atoms with Gasteiger partial charge in [-0.15, -0.1) is 28.7 Å². The molecule has 0 bridgehead atoms. The first kappa shape index (κ1) is 18.1. The van der Waals surface area contributed by atoms with E-state index in [2.05, 4.69) is 0 Å². The minimum Gasteiger partial charge on any atom is -0.459 e. The Morgan fingerprint density at radius 1 is 1.38 bits per heavy atom. The number of thioether (sulfide) groups is 1. The van der Waals surface area contributed by atoms with Gasteiger partial charge in [0.25, 0.3) is 0 Å². The van der Waals surface area contributed by atoms with E-state index in [4.69, 9.17) is 9.84 Å². The fourth-order valence-electron chi connectivity index (χ4n) is 1.99. The molecule has 0 amide bonds. The van der Waals surface area contributed by atoms with Crippen molar-refractivity contribution in [2.24, 2.45) is 0 Å². The number of allylic oxidation sites excluding steroid dienone is 1. The van der Waals surface area contributed by atoms with Crippen molar-refractivity contribution in [2.75, 3.05) is 19.0 Å². The van der Waals surface area contributed by atoms with Gasteiger partial charge in [-0.1, -0.05) is 30.3 Å². The van der Waals surface area contributed by atoms with Gasteiger partial charge in [-0.05, 0) is 12.5 Å². The van der Waals surface area contributed by atoms with Crippen LogP contribution in [0, 0.1) is 0 Å². The highest BCUT2D eigenvalue weighted by Gasteiger charge is 2.21. The first-order chi connectivity index (χ1) is 9.70. The van der Waals surface area contributed by atoms with Crippen LogP contribution in [0.3, 0.4) is 0 Å². The Labute approximate surface area is 139 Å². The quantitative estimate of drug-likeness (QED) is 0.776. The van der Waals surface area contributed by atoms with Crippen molar-refractivity contribution in [3.05, 3.63) is 46.5 Å². The molecule has 2 rings (SSSR count). The number of halogens is 1. The Kier molecular flexibility index (Phi) is 7.85. The van der Waals surface area contributed by atoms with Crippen LogP contribution in [0.2, 0.25) is 0 Å². The average Bonchev–Trinajstić information content (AvgIpc) is 2.80. The molecule has 0 saturated heterocycles. The van der Waals surface area contributed by atoms with Gasteiger partial charge in [-0.2, -0.15) is 0 Å². The molecule has 1 aliphatic rings. The summed E-state index contributed by atoms with van der Waals surface area (Å²) in [6.45, 7) is 2.70. The van der Waals surface area contributed by atoms with Crippen LogP contribution in [-0.2, 0) is 16.1 Å². The SMILES string of the molecule is Br.CC1=C(CCO)SCN1CC(=O)OCc1ccccc1. The highest BCUT2D eigenvalue weighted by atomic mass is 79.9. The van der Waals surface area contributed by atoms with Crippen LogP contribution in [0.25, 0.3) is 0 Å². The van der Waals surface area contributed by atoms with Crippen molar-refractivity contribution < 1.29 is 14.6 Å². The van der Waals surface area contributed by atoms with Crippen molar-refractivity contribution in [1.82, 2.24) is 4.90 Å². The maximum Gasteiger partial charge on any atom is 0.325 e. The fraction of sp³-hybridized carbons (Fsp3) is 0.400. The van der Waals surface area contributed by atoms with Gasteiger partial charge in [0, 0.05) is 23.6 Å². The molecule has 0 aromatic heterocycles. The maximum absolute atomic E-state index is 11.8. The molecule has 0 atom stereocenters. The predicted octanol–water partition coefficient (Wildman–Crippen LogP) is 2.93. The van der Waals surface area contributed by atoms with E-state index < -0.39 is 0 Å². The van der Waals surface area contributed by atoms with Gasteiger partial charge in [-0.25, -0.2) is 0 Å². The number of rotatable bonds is 6. The lowest BCUT2D eigenvalue weighted by Gasteiger charge is -2.18. The van der Waals surface area contributed by atoms with Gasteiger partial charge in [0.2, 0.25) is 0 Å². The second-order valence-electron chi connectivity index (χ2n) is 4.60. The normalized spacial score (nSPS) is 14.1. The van der Waals surface area contributed by atoms with Gasteiger partial charge < -0.3 is 14.7 Å². The molecule has 21 heavy (non-hydrogen) atoms. The third kappa shape index (κ3) is 5.37. The van der Waals surface area contributed by atoms with E-state index in [1.165, 1.54) is 0 Å². The average molecular weight is 374 g/mol. The summed E-state index contributed by atoms with van der Waals surface area (Å²) in [5, 5.41) is 8.97. The fourth-order valence-corrected chi connectivity index (χ4v) is 3.16. The van der Waals surface area contributed by atoms with Crippen LogP contribution in [0.1, 0.15) is 18.9 Å². The van der Waals surface area contributed by atoms with Gasteiger partial charge in [0.15, 0.2) is 0 Å². The van der Waals surface area contributed by atoms with E-state index in [9.17, 15) is 4.79 Å². The third-order valence-corrected chi connectivity index (χ3v) is 4.46. The van der Waals surface area contributed by atoms with Crippen LogP contribution in [-0.4, -0.2) is 35.0 Å². The van der Waals surface area contributed by atoms with Crippen molar-refractivity contribution in [3.63, 3.8) is 0 Å². The van der Waals surface area contributed by atoms with Crippen LogP contribution in [0.4, 0.5) is 0 Å². The number of esters is 1. The summed E-state index contributed by atoms with van der Waals surface area (Å²) < 4.78 is 5.27. The second-order valence-corrected chi connectivity index (χ2v) is 5.64. The van der Waals surface area contributed by atoms with E-state index >= 15 is 0 Å². The number of ether oxygens (including phenoxy) is 1. The Hall–Kier alpha value is -0.980. The van der Waals surface area contributed by atoms with Crippen LogP contribution in [0.5, 0.6) is 0 Å². The minimum atomic E-state index is -0.223. The molecule has 116 valence electrons. The molecule has 0 radical (unpaired) electrons. The highest BCUT2D eigenvalue weighted by molar-refractivity contribution is 8.93. The zero-order valence-electron chi connectivity index (χ0n) is 11.9. The molecule has 0 fully saturated rings. The molecule has 4 nitrogen and oxygen atoms in total. The maximum atomic E-state index is 11.8. The first-order valence-electron chi connectivity index (χ1n) is 6.58. The van der Waals surface area contributed by atoms with Crippen LogP contribution in [0.15, 0.2) is 40.9 Å². The van der Waals surface area contributed by atoms with Gasteiger partial charge in [0.1, 0.15) is 13.2 Å². The summed E-state index contributed by atoms with van der Waals surface area (Å²) in [6.07, 6.45) is 0.659. The molecule has 6 heteroatoms. The number of carbonyl (C=O) groups is 1. The topological polar surface area (TPSA) is 49.8 Å². The molecular formula is C15H20BrNO3S. The lowest BCUT2D eigenvalue weighted by molar-refractivity contribution is -0.145. The summed E-state index contributed by atoms with van der Waals surface area (Å²) in [5.41, 5.74) is 2.06. The number of aliphatic hydroxyl groups is 1. The molecule has 1 aliphatic heterocycles. The second kappa shape index (κ2) is 9.12. The van der Waals surface area contributed by atoms with Gasteiger partial charge >= 0.3 is 5.97 Å². The summed E-state index contributed by atoms with van der Waals surface area (Å²) >= 11 is 1.68. The molecule has 1 aromatic rings. The number of carbonyl (C=O) groups excluding carboxylic acids is 1. The van der Waals surface area contributed by atoms with Crippen molar-refractivity contribution in [3.8, 4) is 0 Å².